The van der Waals surface area contributed by atoms with Crippen LogP contribution in [-0.2, 0) is 17.9 Å². The van der Waals surface area contributed by atoms with E-state index in [0.29, 0.717) is 36.4 Å². The molecule has 1 aliphatic heterocycles. The summed E-state index contributed by atoms with van der Waals surface area (Å²) in [5, 5.41) is 2.68. The third kappa shape index (κ3) is 5.65. The van der Waals surface area contributed by atoms with Gasteiger partial charge in [-0.2, -0.15) is 0 Å². The number of amides is 3. The van der Waals surface area contributed by atoms with E-state index in [2.05, 4.69) is 5.32 Å². The Balaban J connectivity index is 1.39. The van der Waals surface area contributed by atoms with E-state index in [1.807, 2.05) is 30.3 Å². The number of urea groups is 1. The van der Waals surface area contributed by atoms with Gasteiger partial charge in [0.15, 0.2) is 11.6 Å². The van der Waals surface area contributed by atoms with Gasteiger partial charge in [-0.3, -0.25) is 10.2 Å². The summed E-state index contributed by atoms with van der Waals surface area (Å²) >= 11 is 0. The Labute approximate surface area is 190 Å². The van der Waals surface area contributed by atoms with Gasteiger partial charge in [-0.1, -0.05) is 42.5 Å². The molecule has 1 fully saturated rings. The summed E-state index contributed by atoms with van der Waals surface area (Å²) in [6.07, 6.45) is 0.118. The average Bonchev–Trinajstić information content (AvgIpc) is 2.82. The molecule has 3 aromatic rings. The number of anilines is 2. The van der Waals surface area contributed by atoms with Gasteiger partial charge in [0.25, 0.3) is 0 Å². The lowest BCUT2D eigenvalue weighted by Gasteiger charge is -2.36. The Hall–Kier alpha value is -3.94. The van der Waals surface area contributed by atoms with Crippen molar-refractivity contribution in [3.63, 3.8) is 0 Å². The third-order valence-electron chi connectivity index (χ3n) is 5.29. The number of halogens is 2. The van der Waals surface area contributed by atoms with Crippen molar-refractivity contribution in [1.82, 2.24) is 4.90 Å². The van der Waals surface area contributed by atoms with Crippen LogP contribution in [0.4, 0.5) is 29.7 Å². The first-order chi connectivity index (χ1) is 16.0. The van der Waals surface area contributed by atoms with Gasteiger partial charge in [0, 0.05) is 31.0 Å². The lowest BCUT2D eigenvalue weighted by atomic mass is 10.1. The van der Waals surface area contributed by atoms with E-state index >= 15 is 0 Å². The lowest BCUT2D eigenvalue weighted by Crippen LogP contribution is -2.49. The number of benzene rings is 3. The van der Waals surface area contributed by atoms with Crippen molar-refractivity contribution in [2.45, 2.75) is 19.6 Å². The molecule has 1 aliphatic rings. The second-order valence-corrected chi connectivity index (χ2v) is 7.69. The summed E-state index contributed by atoms with van der Waals surface area (Å²) < 4.78 is 32.0. The molecule has 1 N–H and O–H groups in total. The molecule has 3 aromatic carbocycles. The second-order valence-electron chi connectivity index (χ2n) is 7.69. The van der Waals surface area contributed by atoms with Gasteiger partial charge >= 0.3 is 12.1 Å². The van der Waals surface area contributed by atoms with Gasteiger partial charge in [0.2, 0.25) is 0 Å². The fourth-order valence-electron chi connectivity index (χ4n) is 3.65. The van der Waals surface area contributed by atoms with E-state index in [-0.39, 0.29) is 19.2 Å². The Morgan fingerprint density at radius 1 is 0.909 bits per heavy atom. The van der Waals surface area contributed by atoms with Gasteiger partial charge in [-0.15, -0.1) is 0 Å². The second kappa shape index (κ2) is 10.1. The smallest absolute Gasteiger partial charge is 0.411 e. The molecule has 0 bridgehead atoms. The number of hydrogen-bond acceptors (Lipinski definition) is 3. The number of ether oxygens (including phenoxy) is 1. The highest BCUT2D eigenvalue weighted by Crippen LogP contribution is 2.25. The molecule has 0 aliphatic carbocycles. The minimum absolute atomic E-state index is 0.149. The van der Waals surface area contributed by atoms with Crippen molar-refractivity contribution in [2.75, 3.05) is 23.3 Å². The monoisotopic (exact) mass is 451 g/mol. The van der Waals surface area contributed by atoms with Crippen molar-refractivity contribution in [2.24, 2.45) is 0 Å². The van der Waals surface area contributed by atoms with E-state index in [1.165, 1.54) is 6.07 Å². The number of carbonyl (C=O) groups excluding carboxylic acids is 2. The molecule has 0 atom stereocenters. The van der Waals surface area contributed by atoms with E-state index in [4.69, 9.17) is 4.74 Å². The minimum atomic E-state index is -0.938. The summed E-state index contributed by atoms with van der Waals surface area (Å²) in [6, 6.07) is 19.7. The van der Waals surface area contributed by atoms with Crippen LogP contribution in [0.3, 0.4) is 0 Å². The summed E-state index contributed by atoms with van der Waals surface area (Å²) in [4.78, 5) is 28.4. The Morgan fingerprint density at radius 2 is 1.73 bits per heavy atom. The molecule has 1 saturated heterocycles. The van der Waals surface area contributed by atoms with Crippen molar-refractivity contribution in [3.05, 3.63) is 95.6 Å². The number of hydrogen-bond donors (Lipinski definition) is 1. The maximum absolute atomic E-state index is 13.5. The molecule has 0 spiro atoms. The van der Waals surface area contributed by atoms with Gasteiger partial charge in [0.05, 0.1) is 0 Å². The highest BCUT2D eigenvalue weighted by molar-refractivity contribution is 5.94. The van der Waals surface area contributed by atoms with Crippen LogP contribution in [0.2, 0.25) is 0 Å². The zero-order valence-corrected chi connectivity index (χ0v) is 17.8. The van der Waals surface area contributed by atoms with Crippen LogP contribution < -0.4 is 10.2 Å². The quantitative estimate of drug-likeness (QED) is 0.535. The SMILES string of the molecule is O=C(Nc1cccc(N2CCCN(Cc3ccc(F)c(F)c3)C2=O)c1)OCc1ccccc1. The van der Waals surface area contributed by atoms with Gasteiger partial charge in [-0.05, 0) is 47.9 Å². The Kier molecular flexibility index (Phi) is 6.83. The molecule has 3 amide bonds. The maximum Gasteiger partial charge on any atom is 0.411 e. The zero-order valence-electron chi connectivity index (χ0n) is 17.8. The normalized spacial score (nSPS) is 13.7. The van der Waals surface area contributed by atoms with Gasteiger partial charge in [0.1, 0.15) is 6.61 Å². The molecule has 170 valence electrons. The Morgan fingerprint density at radius 3 is 2.52 bits per heavy atom. The van der Waals surface area contributed by atoms with Crippen molar-refractivity contribution < 1.29 is 23.1 Å². The predicted molar refractivity (Wildman–Crippen MR) is 121 cm³/mol. The minimum Gasteiger partial charge on any atom is -0.444 e. The molecule has 0 aromatic heterocycles. The summed E-state index contributed by atoms with van der Waals surface area (Å²) in [6.45, 7) is 1.35. The highest BCUT2D eigenvalue weighted by atomic mass is 19.2. The number of nitrogens with zero attached hydrogens (tertiary/aromatic N) is 2. The van der Waals surface area contributed by atoms with Crippen LogP contribution in [0.5, 0.6) is 0 Å². The predicted octanol–water partition coefficient (Wildman–Crippen LogP) is 5.55. The molecule has 0 radical (unpaired) electrons. The van der Waals surface area contributed by atoms with Gasteiger partial charge < -0.3 is 9.64 Å². The summed E-state index contributed by atoms with van der Waals surface area (Å²) in [7, 11) is 0. The third-order valence-corrected chi connectivity index (χ3v) is 5.29. The highest BCUT2D eigenvalue weighted by Gasteiger charge is 2.27. The van der Waals surface area contributed by atoms with Gasteiger partial charge in [-0.25, -0.2) is 18.4 Å². The van der Waals surface area contributed by atoms with E-state index in [1.54, 1.807) is 34.1 Å². The van der Waals surface area contributed by atoms with Crippen molar-refractivity contribution in [3.8, 4) is 0 Å². The number of nitrogens with one attached hydrogen (secondary N) is 1. The van der Waals surface area contributed by atoms with E-state index in [9.17, 15) is 18.4 Å². The van der Waals surface area contributed by atoms with Crippen LogP contribution in [0.25, 0.3) is 0 Å². The van der Waals surface area contributed by atoms with Crippen LogP contribution in [0, 0.1) is 11.6 Å². The summed E-state index contributed by atoms with van der Waals surface area (Å²) in [5.74, 6) is -1.86. The first kappa shape index (κ1) is 22.3. The molecular weight excluding hydrogens is 428 g/mol. The van der Waals surface area contributed by atoms with Crippen LogP contribution in [-0.4, -0.2) is 30.1 Å². The van der Waals surface area contributed by atoms with E-state index in [0.717, 1.165) is 17.7 Å². The molecule has 6 nitrogen and oxygen atoms in total. The number of carbonyl (C=O) groups is 2. The zero-order chi connectivity index (χ0) is 23.2. The van der Waals surface area contributed by atoms with Crippen molar-refractivity contribution >= 4 is 23.5 Å². The Bertz CT molecular complexity index is 1140. The molecule has 0 saturated carbocycles. The van der Waals surface area contributed by atoms with Crippen molar-refractivity contribution in [1.29, 1.82) is 0 Å². The molecule has 1 heterocycles. The standard InChI is InChI=1S/C25H23F2N3O3/c26-22-11-10-19(14-23(22)27)16-29-12-5-13-30(25(29)32)21-9-4-8-20(15-21)28-24(31)33-17-18-6-2-1-3-7-18/h1-4,6-11,14-15H,5,12-13,16-17H2,(H,28,31). The molecule has 33 heavy (non-hydrogen) atoms. The summed E-state index contributed by atoms with van der Waals surface area (Å²) in [5.41, 5.74) is 2.51. The lowest BCUT2D eigenvalue weighted by molar-refractivity contribution is 0.155. The topological polar surface area (TPSA) is 61.9 Å². The number of rotatable bonds is 6. The van der Waals surface area contributed by atoms with Crippen LogP contribution in [0.15, 0.2) is 72.8 Å². The molecule has 0 unspecified atom stereocenters. The molecule has 4 rings (SSSR count). The first-order valence-corrected chi connectivity index (χ1v) is 10.6. The molecular formula is C25H23F2N3O3. The maximum atomic E-state index is 13.5. The van der Waals surface area contributed by atoms with E-state index < -0.39 is 17.7 Å². The molecule has 8 heteroatoms. The first-order valence-electron chi connectivity index (χ1n) is 10.6. The fourth-order valence-corrected chi connectivity index (χ4v) is 3.65. The fraction of sp³-hybridized carbons (Fsp3) is 0.200. The largest absolute Gasteiger partial charge is 0.444 e. The van der Waals surface area contributed by atoms with Crippen LogP contribution >= 0.6 is 0 Å². The van der Waals surface area contributed by atoms with Crippen LogP contribution in [0.1, 0.15) is 17.5 Å². The average molecular weight is 451 g/mol.